The zero-order valence-electron chi connectivity index (χ0n) is 16.0. The van der Waals surface area contributed by atoms with Gasteiger partial charge in [0.15, 0.2) is 6.29 Å². The number of allylic oxidation sites excluding steroid dienone is 1. The summed E-state index contributed by atoms with van der Waals surface area (Å²) in [6.07, 6.45) is 9.75. The van der Waals surface area contributed by atoms with E-state index in [0.29, 0.717) is 12.2 Å². The van der Waals surface area contributed by atoms with Crippen LogP contribution in [-0.4, -0.2) is 32.3 Å². The van der Waals surface area contributed by atoms with Gasteiger partial charge in [0.25, 0.3) is 0 Å². The molecular formula is C20H32O5. The van der Waals surface area contributed by atoms with Gasteiger partial charge in [-0.25, -0.2) is 4.79 Å². The maximum atomic E-state index is 12.1. The third kappa shape index (κ3) is 5.08. The first-order chi connectivity index (χ1) is 12.1. The monoisotopic (exact) mass is 352 g/mol. The lowest BCUT2D eigenvalue weighted by atomic mass is 9.82. The summed E-state index contributed by atoms with van der Waals surface area (Å²) in [5.74, 6) is -0.184. The lowest BCUT2D eigenvalue weighted by molar-refractivity contribution is -0.242. The molecule has 0 saturated carbocycles. The number of esters is 1. The molecule has 0 N–H and O–H groups in total. The molecule has 1 aliphatic carbocycles. The van der Waals surface area contributed by atoms with Gasteiger partial charge in [-0.1, -0.05) is 37.8 Å². The van der Waals surface area contributed by atoms with Gasteiger partial charge in [0.1, 0.15) is 0 Å². The number of rotatable bonds is 10. The van der Waals surface area contributed by atoms with Gasteiger partial charge in [0.2, 0.25) is 6.29 Å². The molecule has 0 amide bonds. The van der Waals surface area contributed by atoms with Crippen LogP contribution in [0.2, 0.25) is 0 Å². The molecule has 4 unspecified atom stereocenters. The van der Waals surface area contributed by atoms with Gasteiger partial charge in [-0.15, -0.1) is 0 Å². The van der Waals surface area contributed by atoms with E-state index in [9.17, 15) is 4.79 Å². The van der Waals surface area contributed by atoms with Crippen LogP contribution >= 0.6 is 0 Å². The van der Waals surface area contributed by atoms with Crippen molar-refractivity contribution in [3.63, 3.8) is 0 Å². The second-order valence-corrected chi connectivity index (χ2v) is 6.69. The van der Waals surface area contributed by atoms with E-state index in [2.05, 4.69) is 13.0 Å². The molecule has 1 heterocycles. The summed E-state index contributed by atoms with van der Waals surface area (Å²) in [6, 6.07) is 0. The Morgan fingerprint density at radius 3 is 2.80 bits per heavy atom. The molecule has 0 radical (unpaired) electrons. The van der Waals surface area contributed by atoms with Crippen LogP contribution in [0.5, 0.6) is 0 Å². The fourth-order valence-electron chi connectivity index (χ4n) is 3.74. The third-order valence-electron chi connectivity index (χ3n) is 4.98. The number of methoxy groups -OCH3 is 1. The Morgan fingerprint density at radius 1 is 1.32 bits per heavy atom. The smallest absolute Gasteiger partial charge is 0.337 e. The lowest BCUT2D eigenvalue weighted by Gasteiger charge is -2.36. The molecule has 4 atom stereocenters. The van der Waals surface area contributed by atoms with Crippen LogP contribution in [-0.2, 0) is 23.7 Å². The Kier molecular flexibility index (Phi) is 7.97. The highest BCUT2D eigenvalue weighted by atomic mass is 16.8. The quantitative estimate of drug-likeness (QED) is 0.253. The molecule has 25 heavy (non-hydrogen) atoms. The van der Waals surface area contributed by atoms with E-state index in [0.717, 1.165) is 19.3 Å². The normalized spacial score (nSPS) is 26.3. The van der Waals surface area contributed by atoms with Crippen LogP contribution in [0.25, 0.3) is 0 Å². The van der Waals surface area contributed by atoms with Crippen LogP contribution in [0.15, 0.2) is 23.5 Å². The molecule has 2 rings (SSSR count). The summed E-state index contributed by atoms with van der Waals surface area (Å²) >= 11 is 0. The number of unbranched alkanes of at least 4 members (excludes halogenated alkanes) is 3. The van der Waals surface area contributed by atoms with Gasteiger partial charge in [-0.3, -0.25) is 0 Å². The van der Waals surface area contributed by atoms with Crippen molar-refractivity contribution < 1.29 is 23.7 Å². The molecule has 1 aliphatic heterocycles. The van der Waals surface area contributed by atoms with Crippen LogP contribution < -0.4 is 0 Å². The highest BCUT2D eigenvalue weighted by Gasteiger charge is 2.45. The summed E-state index contributed by atoms with van der Waals surface area (Å²) in [7, 11) is 1.41. The van der Waals surface area contributed by atoms with Gasteiger partial charge in [0.05, 0.1) is 24.9 Å². The molecule has 0 fully saturated rings. The average molecular weight is 352 g/mol. The second kappa shape index (κ2) is 9.97. The van der Waals surface area contributed by atoms with E-state index in [1.54, 1.807) is 0 Å². The molecule has 142 valence electrons. The standard InChI is InChI=1S/C20H32O5/c1-5-7-8-9-10-15-11-12-16-17(19(21)22-4)13-24-20(18(15)16)25-14(3)23-6-2/h11,13-14,16,18,20H,5-10,12H2,1-4H3. The number of carbonyl (C=O) groups excluding carboxylic acids is 1. The zero-order chi connectivity index (χ0) is 18.2. The van der Waals surface area contributed by atoms with Crippen molar-refractivity contribution in [3.8, 4) is 0 Å². The van der Waals surface area contributed by atoms with Crippen molar-refractivity contribution in [1.82, 2.24) is 0 Å². The topological polar surface area (TPSA) is 54.0 Å². The van der Waals surface area contributed by atoms with Crippen molar-refractivity contribution in [2.75, 3.05) is 13.7 Å². The molecule has 2 aliphatic rings. The SMILES string of the molecule is CCCCCCC1=CCC2C(C(=O)OC)=COC(OC(C)OCC)C12. The van der Waals surface area contributed by atoms with Crippen molar-refractivity contribution in [3.05, 3.63) is 23.5 Å². The molecule has 0 aromatic rings. The number of fused-ring (bicyclic) bond motifs is 1. The summed E-state index contributed by atoms with van der Waals surface area (Å²) < 4.78 is 22.2. The van der Waals surface area contributed by atoms with Crippen LogP contribution in [0.3, 0.4) is 0 Å². The minimum atomic E-state index is -0.417. The van der Waals surface area contributed by atoms with E-state index in [1.165, 1.54) is 38.2 Å². The summed E-state index contributed by atoms with van der Waals surface area (Å²) in [5.41, 5.74) is 1.94. The largest absolute Gasteiger partial charge is 0.471 e. The first kappa shape index (κ1) is 20.0. The first-order valence-corrected chi connectivity index (χ1v) is 9.52. The Morgan fingerprint density at radius 2 is 2.12 bits per heavy atom. The summed E-state index contributed by atoms with van der Waals surface area (Å²) in [6.45, 7) is 6.62. The molecule has 0 saturated heterocycles. The molecule has 5 heteroatoms. The number of hydrogen-bond donors (Lipinski definition) is 0. The summed E-state index contributed by atoms with van der Waals surface area (Å²) in [4.78, 5) is 12.1. The summed E-state index contributed by atoms with van der Waals surface area (Å²) in [5, 5.41) is 0. The maximum absolute atomic E-state index is 12.1. The molecule has 0 aromatic carbocycles. The van der Waals surface area contributed by atoms with Crippen molar-refractivity contribution in [2.45, 2.75) is 71.9 Å². The Labute approximate surface area is 151 Å². The fourth-order valence-corrected chi connectivity index (χ4v) is 3.74. The van der Waals surface area contributed by atoms with Crippen molar-refractivity contribution >= 4 is 5.97 Å². The van der Waals surface area contributed by atoms with Crippen molar-refractivity contribution in [2.24, 2.45) is 11.8 Å². The molecular weight excluding hydrogens is 320 g/mol. The van der Waals surface area contributed by atoms with E-state index in [-0.39, 0.29) is 24.1 Å². The predicted octanol–water partition coefficient (Wildman–Crippen LogP) is 4.33. The van der Waals surface area contributed by atoms with Gasteiger partial charge in [0, 0.05) is 12.5 Å². The zero-order valence-corrected chi connectivity index (χ0v) is 16.0. The molecule has 0 spiro atoms. The molecule has 0 bridgehead atoms. The lowest BCUT2D eigenvalue weighted by Crippen LogP contribution is -2.39. The van der Waals surface area contributed by atoms with Crippen LogP contribution in [0, 0.1) is 11.8 Å². The predicted molar refractivity (Wildman–Crippen MR) is 95.6 cm³/mol. The average Bonchev–Trinajstić information content (AvgIpc) is 3.03. The number of carbonyl (C=O) groups is 1. The minimum Gasteiger partial charge on any atom is -0.471 e. The maximum Gasteiger partial charge on any atom is 0.337 e. The Hall–Kier alpha value is -1.33. The second-order valence-electron chi connectivity index (χ2n) is 6.69. The molecule has 0 aromatic heterocycles. The van der Waals surface area contributed by atoms with E-state index in [4.69, 9.17) is 18.9 Å². The highest BCUT2D eigenvalue weighted by Crippen LogP contribution is 2.45. The minimum absolute atomic E-state index is 0.0589. The number of hydrogen-bond acceptors (Lipinski definition) is 5. The van der Waals surface area contributed by atoms with Crippen LogP contribution in [0.4, 0.5) is 0 Å². The van der Waals surface area contributed by atoms with Gasteiger partial charge >= 0.3 is 5.97 Å². The van der Waals surface area contributed by atoms with Gasteiger partial charge < -0.3 is 18.9 Å². The highest BCUT2D eigenvalue weighted by molar-refractivity contribution is 5.89. The van der Waals surface area contributed by atoms with Gasteiger partial charge in [-0.2, -0.15) is 0 Å². The third-order valence-corrected chi connectivity index (χ3v) is 4.98. The van der Waals surface area contributed by atoms with Crippen LogP contribution in [0.1, 0.15) is 59.3 Å². The Balaban J connectivity index is 2.09. The molecule has 5 nitrogen and oxygen atoms in total. The fraction of sp³-hybridized carbons (Fsp3) is 0.750. The van der Waals surface area contributed by atoms with Crippen molar-refractivity contribution in [1.29, 1.82) is 0 Å². The van der Waals surface area contributed by atoms with E-state index >= 15 is 0 Å². The number of ether oxygens (including phenoxy) is 4. The Bertz CT molecular complexity index is 496. The van der Waals surface area contributed by atoms with E-state index in [1.807, 2.05) is 13.8 Å². The van der Waals surface area contributed by atoms with Gasteiger partial charge in [-0.05, 0) is 33.1 Å². The first-order valence-electron chi connectivity index (χ1n) is 9.52. The van der Waals surface area contributed by atoms with E-state index < -0.39 is 6.29 Å².